The van der Waals surface area contributed by atoms with Crippen LogP contribution in [0.1, 0.15) is 25.5 Å². The van der Waals surface area contributed by atoms with Gasteiger partial charge in [-0.2, -0.15) is 11.3 Å². The summed E-state index contributed by atoms with van der Waals surface area (Å²) in [7, 11) is -3.47. The molecule has 0 radical (unpaired) electrons. The molecule has 2 rings (SSSR count). The summed E-state index contributed by atoms with van der Waals surface area (Å²) in [5, 5.41) is 4.11. The third-order valence-electron chi connectivity index (χ3n) is 3.70. The maximum atomic E-state index is 12.4. The molecule has 1 aromatic carbocycles. The van der Waals surface area contributed by atoms with Crippen LogP contribution in [0.3, 0.4) is 0 Å². The summed E-state index contributed by atoms with van der Waals surface area (Å²) in [4.78, 5) is 2.56. The average Bonchev–Trinajstić information content (AvgIpc) is 3.06. The van der Waals surface area contributed by atoms with Crippen LogP contribution in [-0.2, 0) is 10.0 Å². The molecule has 6 heteroatoms. The molecule has 0 saturated heterocycles. The van der Waals surface area contributed by atoms with E-state index in [0.717, 1.165) is 18.7 Å². The van der Waals surface area contributed by atoms with Crippen molar-refractivity contribution in [2.45, 2.75) is 24.8 Å². The Hall–Kier alpha value is -1.21. The van der Waals surface area contributed by atoms with Crippen molar-refractivity contribution >= 4 is 21.4 Å². The topological polar surface area (TPSA) is 49.4 Å². The number of hydrogen-bond donors (Lipinski definition) is 1. The Labute approximate surface area is 136 Å². The van der Waals surface area contributed by atoms with Crippen molar-refractivity contribution in [2.24, 2.45) is 0 Å². The van der Waals surface area contributed by atoms with Crippen LogP contribution in [0.4, 0.5) is 0 Å². The highest BCUT2D eigenvalue weighted by atomic mass is 32.2. The smallest absolute Gasteiger partial charge is 0.240 e. The fraction of sp³-hybridized carbons (Fsp3) is 0.375. The lowest BCUT2D eigenvalue weighted by Crippen LogP contribution is -2.37. The van der Waals surface area contributed by atoms with Crippen LogP contribution in [0, 0.1) is 0 Å². The number of likely N-dealkylation sites (N-methyl/N-ethyl adjacent to an activating group) is 1. The van der Waals surface area contributed by atoms with Gasteiger partial charge >= 0.3 is 0 Å². The van der Waals surface area contributed by atoms with Crippen LogP contribution < -0.4 is 4.72 Å². The van der Waals surface area contributed by atoms with Crippen LogP contribution in [0.2, 0.25) is 0 Å². The predicted molar refractivity (Wildman–Crippen MR) is 91.6 cm³/mol. The fourth-order valence-corrected chi connectivity index (χ4v) is 4.22. The van der Waals surface area contributed by atoms with E-state index in [2.05, 4.69) is 34.9 Å². The third kappa shape index (κ3) is 4.16. The molecule has 0 bridgehead atoms. The maximum Gasteiger partial charge on any atom is 0.240 e. The second-order valence-electron chi connectivity index (χ2n) is 4.96. The van der Waals surface area contributed by atoms with Gasteiger partial charge in [-0.1, -0.05) is 32.0 Å². The number of thiophene rings is 1. The van der Waals surface area contributed by atoms with Crippen molar-refractivity contribution in [1.82, 2.24) is 9.62 Å². The first kappa shape index (κ1) is 17.1. The monoisotopic (exact) mass is 338 g/mol. The van der Waals surface area contributed by atoms with Gasteiger partial charge in [0.2, 0.25) is 10.0 Å². The molecule has 22 heavy (non-hydrogen) atoms. The van der Waals surface area contributed by atoms with Crippen LogP contribution in [0.25, 0.3) is 0 Å². The van der Waals surface area contributed by atoms with E-state index in [0.29, 0.717) is 11.4 Å². The molecule has 2 aromatic rings. The molecule has 0 saturated carbocycles. The van der Waals surface area contributed by atoms with Crippen molar-refractivity contribution in [2.75, 3.05) is 19.6 Å². The zero-order chi connectivity index (χ0) is 16.0. The molecule has 0 fully saturated rings. The Morgan fingerprint density at radius 2 is 1.82 bits per heavy atom. The van der Waals surface area contributed by atoms with E-state index < -0.39 is 10.0 Å². The van der Waals surface area contributed by atoms with Gasteiger partial charge in [-0.25, -0.2) is 13.1 Å². The van der Waals surface area contributed by atoms with Gasteiger partial charge in [0.25, 0.3) is 0 Å². The maximum absolute atomic E-state index is 12.4. The second kappa shape index (κ2) is 7.87. The predicted octanol–water partition coefficient (Wildman–Crippen LogP) is 3.11. The first-order valence-electron chi connectivity index (χ1n) is 7.39. The molecule has 0 aliphatic rings. The quantitative estimate of drug-likeness (QED) is 0.804. The minimum atomic E-state index is -3.47. The largest absolute Gasteiger partial charge is 0.296 e. The number of nitrogens with zero attached hydrogens (tertiary/aromatic N) is 1. The summed E-state index contributed by atoms with van der Waals surface area (Å²) >= 11 is 1.63. The molecular formula is C16H22N2O2S2. The number of rotatable bonds is 8. The first-order chi connectivity index (χ1) is 10.6. The fourth-order valence-electron chi connectivity index (χ4n) is 2.46. The number of sulfonamides is 1. The van der Waals surface area contributed by atoms with Gasteiger partial charge in [-0.3, -0.25) is 4.90 Å². The van der Waals surface area contributed by atoms with Crippen LogP contribution in [0.15, 0.2) is 52.1 Å². The lowest BCUT2D eigenvalue weighted by atomic mass is 10.1. The van der Waals surface area contributed by atoms with Gasteiger partial charge in [-0.15, -0.1) is 0 Å². The van der Waals surface area contributed by atoms with E-state index in [1.165, 1.54) is 0 Å². The van der Waals surface area contributed by atoms with Gasteiger partial charge in [0, 0.05) is 12.6 Å². The number of benzene rings is 1. The molecule has 1 heterocycles. The summed E-state index contributed by atoms with van der Waals surface area (Å²) in [6, 6.07) is 10.6. The summed E-state index contributed by atoms with van der Waals surface area (Å²) < 4.78 is 27.5. The third-order valence-corrected chi connectivity index (χ3v) is 5.84. The minimum Gasteiger partial charge on any atom is -0.296 e. The molecule has 0 unspecified atom stereocenters. The Balaban J connectivity index is 2.15. The van der Waals surface area contributed by atoms with E-state index in [1.807, 2.05) is 11.4 Å². The molecule has 1 aromatic heterocycles. The van der Waals surface area contributed by atoms with E-state index in [-0.39, 0.29) is 6.04 Å². The van der Waals surface area contributed by atoms with Crippen molar-refractivity contribution < 1.29 is 8.42 Å². The van der Waals surface area contributed by atoms with Crippen molar-refractivity contribution in [3.05, 3.63) is 52.7 Å². The normalized spacial score (nSPS) is 13.4. The lowest BCUT2D eigenvalue weighted by molar-refractivity contribution is 0.220. The van der Waals surface area contributed by atoms with Gasteiger partial charge in [-0.05, 0) is 47.6 Å². The van der Waals surface area contributed by atoms with Crippen LogP contribution in [0.5, 0.6) is 0 Å². The Morgan fingerprint density at radius 3 is 2.36 bits per heavy atom. The summed E-state index contributed by atoms with van der Waals surface area (Å²) in [5.41, 5.74) is 1.16. The van der Waals surface area contributed by atoms with Crippen molar-refractivity contribution in [1.29, 1.82) is 0 Å². The molecule has 0 amide bonds. The van der Waals surface area contributed by atoms with E-state index in [9.17, 15) is 8.42 Å². The Kier molecular flexibility index (Phi) is 6.14. The second-order valence-corrected chi connectivity index (χ2v) is 7.51. The summed E-state index contributed by atoms with van der Waals surface area (Å²) in [6.45, 7) is 6.31. The summed E-state index contributed by atoms with van der Waals surface area (Å²) in [6.07, 6.45) is 0. The molecular weight excluding hydrogens is 316 g/mol. The molecule has 120 valence electrons. The zero-order valence-corrected chi connectivity index (χ0v) is 14.5. The van der Waals surface area contributed by atoms with E-state index in [4.69, 9.17) is 0 Å². The van der Waals surface area contributed by atoms with Gasteiger partial charge in [0.05, 0.1) is 4.90 Å². The minimum absolute atomic E-state index is 0.0553. The molecule has 1 N–H and O–H groups in total. The molecule has 4 nitrogen and oxygen atoms in total. The van der Waals surface area contributed by atoms with Gasteiger partial charge in [0.1, 0.15) is 0 Å². The SMILES string of the molecule is CCN(CC)[C@H](CNS(=O)(=O)c1ccccc1)c1ccsc1. The van der Waals surface area contributed by atoms with Crippen molar-refractivity contribution in [3.8, 4) is 0 Å². The van der Waals surface area contributed by atoms with Gasteiger partial charge in [0.15, 0.2) is 0 Å². The van der Waals surface area contributed by atoms with Gasteiger partial charge < -0.3 is 0 Å². The summed E-state index contributed by atoms with van der Waals surface area (Å²) in [5.74, 6) is 0. The lowest BCUT2D eigenvalue weighted by Gasteiger charge is -2.29. The molecule has 0 spiro atoms. The van der Waals surface area contributed by atoms with Crippen molar-refractivity contribution in [3.63, 3.8) is 0 Å². The Bertz CT molecular complexity index is 651. The molecule has 1 atom stereocenters. The average molecular weight is 338 g/mol. The molecule has 0 aliphatic carbocycles. The molecule has 0 aliphatic heterocycles. The number of nitrogens with one attached hydrogen (secondary N) is 1. The highest BCUT2D eigenvalue weighted by molar-refractivity contribution is 7.89. The van der Waals surface area contributed by atoms with Crippen LogP contribution in [-0.4, -0.2) is 33.0 Å². The highest BCUT2D eigenvalue weighted by Gasteiger charge is 2.22. The highest BCUT2D eigenvalue weighted by Crippen LogP contribution is 2.23. The zero-order valence-electron chi connectivity index (χ0n) is 12.9. The Morgan fingerprint density at radius 1 is 1.14 bits per heavy atom. The van der Waals surface area contributed by atoms with E-state index >= 15 is 0 Å². The number of hydrogen-bond acceptors (Lipinski definition) is 4. The standard InChI is InChI=1S/C16H22N2O2S2/c1-3-18(4-2)16(14-10-11-21-13-14)12-17-22(19,20)15-8-6-5-7-9-15/h5-11,13,16-17H,3-4,12H2,1-2H3/t16-/m1/s1. The first-order valence-corrected chi connectivity index (χ1v) is 9.82. The van der Waals surface area contributed by atoms with E-state index in [1.54, 1.807) is 35.6 Å². The van der Waals surface area contributed by atoms with Crippen LogP contribution >= 0.6 is 11.3 Å².